The van der Waals surface area contributed by atoms with Crippen LogP contribution in [0.4, 0.5) is 0 Å². The van der Waals surface area contributed by atoms with Crippen molar-refractivity contribution in [1.82, 2.24) is 0 Å². The van der Waals surface area contributed by atoms with Crippen molar-refractivity contribution >= 4 is 23.7 Å². The number of esters is 2. The maximum Gasteiger partial charge on any atom is 0.303 e. The van der Waals surface area contributed by atoms with Gasteiger partial charge in [0, 0.05) is 18.7 Å². The van der Waals surface area contributed by atoms with Gasteiger partial charge in [-0.15, -0.1) is 0 Å². The zero-order chi connectivity index (χ0) is 22.3. The Morgan fingerprint density at radius 3 is 2.07 bits per heavy atom. The van der Waals surface area contributed by atoms with Crippen molar-refractivity contribution in [3.63, 3.8) is 0 Å². The lowest BCUT2D eigenvalue weighted by molar-refractivity contribution is -0.253. The predicted molar refractivity (Wildman–Crippen MR) is 113 cm³/mol. The molecule has 0 aliphatic carbocycles. The summed E-state index contributed by atoms with van der Waals surface area (Å²) in [5.74, 6) is -0.856. The summed E-state index contributed by atoms with van der Waals surface area (Å²) in [5, 5.41) is 0. The highest BCUT2D eigenvalue weighted by molar-refractivity contribution is 7.99. The lowest BCUT2D eigenvalue weighted by Gasteiger charge is -2.46. The molecule has 1 aromatic carbocycles. The third kappa shape index (κ3) is 7.58. The number of thioether (sulfide) groups is 1. The Kier molecular flexibility index (Phi) is 9.61. The first-order valence-electron chi connectivity index (χ1n) is 10.2. The Morgan fingerprint density at radius 1 is 0.933 bits per heavy atom. The van der Waals surface area contributed by atoms with Crippen molar-refractivity contribution in [2.75, 3.05) is 6.61 Å². The van der Waals surface area contributed by atoms with Gasteiger partial charge in [0.15, 0.2) is 6.10 Å². The highest BCUT2D eigenvalue weighted by Gasteiger charge is 2.50. The molecular formula is C22H32O7S. The van der Waals surface area contributed by atoms with E-state index in [9.17, 15) is 9.59 Å². The molecule has 0 spiro atoms. The topological polar surface area (TPSA) is 80.3 Å². The normalized spacial score (nSPS) is 26.6. The van der Waals surface area contributed by atoms with Crippen LogP contribution in [-0.4, -0.2) is 60.6 Å². The minimum absolute atomic E-state index is 0.00919. The molecule has 0 radical (unpaired) electrons. The van der Waals surface area contributed by atoms with Gasteiger partial charge in [-0.25, -0.2) is 0 Å². The van der Waals surface area contributed by atoms with Crippen LogP contribution in [0, 0.1) is 0 Å². The number of rotatable bonds is 9. The fourth-order valence-corrected chi connectivity index (χ4v) is 4.34. The molecule has 1 aromatic rings. The molecule has 0 aromatic heterocycles. The van der Waals surface area contributed by atoms with Gasteiger partial charge in [-0.1, -0.05) is 30.0 Å². The van der Waals surface area contributed by atoms with Crippen molar-refractivity contribution < 1.29 is 33.3 Å². The van der Waals surface area contributed by atoms with Crippen molar-refractivity contribution in [2.45, 2.75) is 88.5 Å². The van der Waals surface area contributed by atoms with Gasteiger partial charge in [0.2, 0.25) is 0 Å². The third-order valence-electron chi connectivity index (χ3n) is 4.20. The van der Waals surface area contributed by atoms with Crippen LogP contribution in [0.25, 0.3) is 0 Å². The van der Waals surface area contributed by atoms with Gasteiger partial charge in [-0.3, -0.25) is 9.59 Å². The smallest absolute Gasteiger partial charge is 0.303 e. The largest absolute Gasteiger partial charge is 0.463 e. The highest BCUT2D eigenvalue weighted by atomic mass is 32.2. The minimum atomic E-state index is -0.720. The molecular weight excluding hydrogens is 408 g/mol. The van der Waals surface area contributed by atoms with Gasteiger partial charge < -0.3 is 23.7 Å². The number of hydrogen-bond donors (Lipinski definition) is 0. The van der Waals surface area contributed by atoms with E-state index in [1.807, 2.05) is 58.0 Å². The Hall–Kier alpha value is -1.61. The number of benzene rings is 1. The molecule has 0 amide bonds. The molecule has 1 aliphatic heterocycles. The summed E-state index contributed by atoms with van der Waals surface area (Å²) in [5.41, 5.74) is -0.494. The van der Waals surface area contributed by atoms with Crippen LogP contribution < -0.4 is 0 Å². The van der Waals surface area contributed by atoms with E-state index in [1.54, 1.807) is 0 Å². The van der Waals surface area contributed by atoms with Crippen LogP contribution in [0.5, 0.6) is 0 Å². The van der Waals surface area contributed by atoms with E-state index in [0.29, 0.717) is 0 Å². The molecule has 30 heavy (non-hydrogen) atoms. The monoisotopic (exact) mass is 440 g/mol. The van der Waals surface area contributed by atoms with Crippen LogP contribution >= 0.6 is 11.8 Å². The molecule has 2 rings (SSSR count). The van der Waals surface area contributed by atoms with Crippen molar-refractivity contribution in [2.24, 2.45) is 0 Å². The van der Waals surface area contributed by atoms with E-state index in [4.69, 9.17) is 23.7 Å². The molecule has 1 fully saturated rings. The first kappa shape index (κ1) is 24.7. The van der Waals surface area contributed by atoms with Crippen LogP contribution in [0.15, 0.2) is 35.2 Å². The molecule has 8 heteroatoms. The van der Waals surface area contributed by atoms with Gasteiger partial charge in [-0.05, 0) is 39.8 Å². The number of carbonyl (C=O) groups is 2. The zero-order valence-corrected chi connectivity index (χ0v) is 19.2. The Bertz CT molecular complexity index is 679. The Balaban J connectivity index is 2.39. The van der Waals surface area contributed by atoms with Crippen LogP contribution in [0.3, 0.4) is 0 Å². The summed E-state index contributed by atoms with van der Waals surface area (Å²) in [4.78, 5) is 24.4. The Labute approximate surface area is 182 Å². The standard InChI is InChI=1S/C22H32O7S/c1-13(2)26-19-18(12-25-15(5)23)29-22(30-17-10-8-7-9-11-17)21(27-14(3)4)20(19)28-16(6)24/h7-11,13-14,18-22H,12H2,1-6H3/t18-,19-,20+,21+,22-/m1/s1. The van der Waals surface area contributed by atoms with Crippen molar-refractivity contribution in [3.8, 4) is 0 Å². The predicted octanol–water partition coefficient (Wildman–Crippen LogP) is 3.59. The molecule has 0 unspecified atom stereocenters. The quantitative estimate of drug-likeness (QED) is 0.539. The second-order valence-corrected chi connectivity index (χ2v) is 8.82. The second-order valence-electron chi connectivity index (χ2n) is 7.65. The molecule has 0 saturated carbocycles. The molecule has 1 saturated heterocycles. The molecule has 168 valence electrons. The summed E-state index contributed by atoms with van der Waals surface area (Å²) >= 11 is 1.47. The molecule has 1 aliphatic rings. The average Bonchev–Trinajstić information content (AvgIpc) is 2.64. The lowest BCUT2D eigenvalue weighted by Crippen LogP contribution is -2.61. The first-order valence-corrected chi connectivity index (χ1v) is 11.0. The van der Waals surface area contributed by atoms with Gasteiger partial charge in [-0.2, -0.15) is 0 Å². The van der Waals surface area contributed by atoms with Crippen molar-refractivity contribution in [1.29, 1.82) is 0 Å². The van der Waals surface area contributed by atoms with E-state index < -0.39 is 41.8 Å². The van der Waals surface area contributed by atoms with Gasteiger partial charge in [0.1, 0.15) is 30.4 Å². The summed E-state index contributed by atoms with van der Waals surface area (Å²) in [7, 11) is 0. The first-order chi connectivity index (χ1) is 14.2. The summed E-state index contributed by atoms with van der Waals surface area (Å²) in [6.45, 7) is 10.3. The van der Waals surface area contributed by atoms with E-state index in [2.05, 4.69) is 0 Å². The highest BCUT2D eigenvalue weighted by Crippen LogP contribution is 2.38. The summed E-state index contributed by atoms with van der Waals surface area (Å²) in [6.07, 6.45) is -2.84. The molecule has 5 atom stereocenters. The van der Waals surface area contributed by atoms with Crippen LogP contribution in [0.2, 0.25) is 0 Å². The van der Waals surface area contributed by atoms with Crippen LogP contribution in [0.1, 0.15) is 41.5 Å². The second kappa shape index (κ2) is 11.7. The molecule has 7 nitrogen and oxygen atoms in total. The maximum atomic E-state index is 11.9. The molecule has 0 N–H and O–H groups in total. The van der Waals surface area contributed by atoms with E-state index >= 15 is 0 Å². The van der Waals surface area contributed by atoms with E-state index in [1.165, 1.54) is 25.6 Å². The SMILES string of the molecule is CC(=O)OC[C@H]1O[C@H](Sc2ccccc2)[C@@H](OC(C)C)[C@@H](OC(C)=O)[C@@H]1OC(C)C. The molecule has 1 heterocycles. The van der Waals surface area contributed by atoms with Crippen molar-refractivity contribution in [3.05, 3.63) is 30.3 Å². The van der Waals surface area contributed by atoms with Crippen LogP contribution in [-0.2, 0) is 33.3 Å². The van der Waals surface area contributed by atoms with E-state index in [-0.39, 0.29) is 18.8 Å². The van der Waals surface area contributed by atoms with Gasteiger partial charge in [0.05, 0.1) is 12.2 Å². The summed E-state index contributed by atoms with van der Waals surface area (Å²) in [6, 6.07) is 9.76. The zero-order valence-electron chi connectivity index (χ0n) is 18.4. The fraction of sp³-hybridized carbons (Fsp3) is 0.636. The molecule has 0 bridgehead atoms. The average molecular weight is 441 g/mol. The lowest BCUT2D eigenvalue weighted by atomic mass is 9.98. The minimum Gasteiger partial charge on any atom is -0.463 e. The van der Waals surface area contributed by atoms with Gasteiger partial charge in [0.25, 0.3) is 0 Å². The Morgan fingerprint density at radius 2 is 1.53 bits per heavy atom. The number of carbonyl (C=O) groups excluding carboxylic acids is 2. The number of ether oxygens (including phenoxy) is 5. The maximum absolute atomic E-state index is 11.9. The van der Waals surface area contributed by atoms with E-state index in [0.717, 1.165) is 4.90 Å². The fourth-order valence-electron chi connectivity index (χ4n) is 3.20. The number of hydrogen-bond acceptors (Lipinski definition) is 8. The van der Waals surface area contributed by atoms with Gasteiger partial charge >= 0.3 is 11.9 Å². The summed E-state index contributed by atoms with van der Waals surface area (Å²) < 4.78 is 29.5. The third-order valence-corrected chi connectivity index (χ3v) is 5.35.